The molecule has 4 rings (SSSR count). The molecule has 3 aromatic rings. The summed E-state index contributed by atoms with van der Waals surface area (Å²) in [4.78, 5) is 32.0. The molecule has 9 heteroatoms. The molecule has 0 saturated carbocycles. The zero-order chi connectivity index (χ0) is 23.9. The van der Waals surface area contributed by atoms with Crippen molar-refractivity contribution >= 4 is 33.4 Å². The Morgan fingerprint density at radius 2 is 1.97 bits per heavy atom. The van der Waals surface area contributed by atoms with E-state index in [1.165, 1.54) is 0 Å². The molecule has 1 saturated heterocycles. The monoisotopic (exact) mass is 523 g/mol. The quantitative estimate of drug-likeness (QED) is 0.427. The predicted molar refractivity (Wildman–Crippen MR) is 133 cm³/mol. The average molecular weight is 524 g/mol. The van der Waals surface area contributed by atoms with E-state index in [9.17, 15) is 9.59 Å². The van der Waals surface area contributed by atoms with E-state index in [-0.39, 0.29) is 17.7 Å². The predicted octanol–water partition coefficient (Wildman–Crippen LogP) is 4.27. The van der Waals surface area contributed by atoms with Crippen LogP contribution in [0.1, 0.15) is 29.1 Å². The van der Waals surface area contributed by atoms with Gasteiger partial charge in [0.1, 0.15) is 0 Å². The topological polar surface area (TPSA) is 100 Å². The Morgan fingerprint density at radius 3 is 2.74 bits per heavy atom. The molecule has 0 aliphatic carbocycles. The van der Waals surface area contributed by atoms with Crippen LogP contribution in [-0.4, -0.2) is 46.5 Å². The molecule has 0 radical (unpaired) electrons. The number of carbonyl (C=O) groups is 2. The smallest absolute Gasteiger partial charge is 0.253 e. The molecule has 2 aromatic carbocycles. The molecule has 176 valence electrons. The van der Waals surface area contributed by atoms with E-state index in [0.29, 0.717) is 48.9 Å². The minimum atomic E-state index is -0.243. The zero-order valence-corrected chi connectivity index (χ0v) is 20.3. The van der Waals surface area contributed by atoms with Crippen LogP contribution in [0.25, 0.3) is 11.4 Å². The van der Waals surface area contributed by atoms with Crippen molar-refractivity contribution in [1.29, 1.82) is 0 Å². The summed E-state index contributed by atoms with van der Waals surface area (Å²) in [5.74, 6) is 0.671. The Kier molecular flexibility index (Phi) is 7.87. The van der Waals surface area contributed by atoms with Crippen molar-refractivity contribution in [2.75, 3.05) is 25.0 Å². The number of nitrogens with zero attached hydrogens (tertiary/aromatic N) is 3. The van der Waals surface area contributed by atoms with Crippen LogP contribution in [0.4, 0.5) is 5.69 Å². The van der Waals surface area contributed by atoms with Gasteiger partial charge in [-0.15, -0.1) is 6.58 Å². The van der Waals surface area contributed by atoms with E-state index < -0.39 is 0 Å². The van der Waals surface area contributed by atoms with Crippen molar-refractivity contribution in [3.8, 4) is 11.4 Å². The molecule has 0 atom stereocenters. The van der Waals surface area contributed by atoms with Gasteiger partial charge < -0.3 is 15.2 Å². The Balaban J connectivity index is 1.30. The minimum absolute atomic E-state index is 0.0710. The number of halogens is 1. The van der Waals surface area contributed by atoms with Gasteiger partial charge in [0.15, 0.2) is 0 Å². The lowest BCUT2D eigenvalue weighted by Gasteiger charge is -2.30. The van der Waals surface area contributed by atoms with Crippen LogP contribution in [0.5, 0.6) is 0 Å². The Labute approximate surface area is 206 Å². The molecule has 1 aromatic heterocycles. The minimum Gasteiger partial charge on any atom is -0.349 e. The number of hydrogen-bond donors (Lipinski definition) is 2. The number of piperidine rings is 1. The van der Waals surface area contributed by atoms with E-state index in [4.69, 9.17) is 4.52 Å². The number of benzene rings is 2. The van der Waals surface area contributed by atoms with Crippen LogP contribution in [0.2, 0.25) is 0 Å². The molecular formula is C25H26BrN5O3. The molecule has 0 spiro atoms. The molecular weight excluding hydrogens is 498 g/mol. The highest BCUT2D eigenvalue weighted by molar-refractivity contribution is 9.10. The lowest BCUT2D eigenvalue weighted by atomic mass is 9.95. The molecule has 1 aliphatic rings. The number of anilines is 1. The number of rotatable bonds is 8. The SMILES string of the molecule is C=CCNC(=O)c1ccccc1NC(=O)C1CCN(Cc2nc(-c3cccc(Br)c3)no2)CC1. The summed E-state index contributed by atoms with van der Waals surface area (Å²) in [5.41, 5.74) is 1.84. The summed E-state index contributed by atoms with van der Waals surface area (Å²) in [7, 11) is 0. The van der Waals surface area contributed by atoms with Gasteiger partial charge in [0, 0.05) is 22.5 Å². The number of likely N-dealkylation sites (tertiary alicyclic amines) is 1. The van der Waals surface area contributed by atoms with Gasteiger partial charge in [-0.05, 0) is 50.2 Å². The van der Waals surface area contributed by atoms with Gasteiger partial charge in [0.05, 0.1) is 17.8 Å². The summed E-state index contributed by atoms with van der Waals surface area (Å²) >= 11 is 3.45. The first kappa shape index (κ1) is 23.8. The summed E-state index contributed by atoms with van der Waals surface area (Å²) < 4.78 is 6.39. The lowest BCUT2D eigenvalue weighted by Crippen LogP contribution is -2.38. The second kappa shape index (κ2) is 11.2. The fraction of sp³-hybridized carbons (Fsp3) is 0.280. The van der Waals surface area contributed by atoms with Crippen molar-refractivity contribution in [2.24, 2.45) is 5.92 Å². The van der Waals surface area contributed by atoms with Gasteiger partial charge in [-0.25, -0.2) is 0 Å². The van der Waals surface area contributed by atoms with Crippen molar-refractivity contribution in [3.05, 3.63) is 77.1 Å². The summed E-state index contributed by atoms with van der Waals surface area (Å²) in [6.07, 6.45) is 3.04. The summed E-state index contributed by atoms with van der Waals surface area (Å²) in [6, 6.07) is 14.8. The number of hydrogen-bond acceptors (Lipinski definition) is 6. The largest absolute Gasteiger partial charge is 0.349 e. The first-order valence-electron chi connectivity index (χ1n) is 11.1. The standard InChI is InChI=1S/C25H26BrN5O3/c1-2-12-27-25(33)20-8-3-4-9-21(20)28-24(32)17-10-13-31(14-11-17)16-22-29-23(30-34-22)18-6-5-7-19(26)15-18/h2-9,15,17H,1,10-14,16H2,(H,27,33)(H,28,32). The van der Waals surface area contributed by atoms with Gasteiger partial charge in [-0.1, -0.05) is 51.4 Å². The molecule has 2 amide bonds. The van der Waals surface area contributed by atoms with Crippen LogP contribution in [0.15, 0.2) is 70.2 Å². The molecule has 2 heterocycles. The summed E-state index contributed by atoms with van der Waals surface area (Å²) in [5, 5.41) is 9.78. The molecule has 34 heavy (non-hydrogen) atoms. The van der Waals surface area contributed by atoms with E-state index >= 15 is 0 Å². The highest BCUT2D eigenvalue weighted by Gasteiger charge is 2.27. The third-order valence-electron chi connectivity index (χ3n) is 5.70. The van der Waals surface area contributed by atoms with E-state index in [2.05, 4.69) is 48.2 Å². The van der Waals surface area contributed by atoms with E-state index in [1.807, 2.05) is 24.3 Å². The maximum Gasteiger partial charge on any atom is 0.253 e. The van der Waals surface area contributed by atoms with Crippen molar-refractivity contribution in [3.63, 3.8) is 0 Å². The fourth-order valence-electron chi connectivity index (χ4n) is 3.89. The normalized spacial score (nSPS) is 14.5. The number of nitrogens with one attached hydrogen (secondary N) is 2. The van der Waals surface area contributed by atoms with Crippen LogP contribution in [0.3, 0.4) is 0 Å². The number of amides is 2. The lowest BCUT2D eigenvalue weighted by molar-refractivity contribution is -0.121. The molecule has 2 N–H and O–H groups in total. The first-order chi connectivity index (χ1) is 16.5. The van der Waals surface area contributed by atoms with Crippen LogP contribution in [-0.2, 0) is 11.3 Å². The van der Waals surface area contributed by atoms with E-state index in [1.54, 1.807) is 30.3 Å². The number of carbonyl (C=O) groups excluding carboxylic acids is 2. The Hall–Kier alpha value is -3.30. The van der Waals surface area contributed by atoms with Crippen molar-refractivity contribution in [2.45, 2.75) is 19.4 Å². The molecule has 8 nitrogen and oxygen atoms in total. The van der Waals surface area contributed by atoms with Crippen LogP contribution >= 0.6 is 15.9 Å². The molecule has 0 unspecified atom stereocenters. The van der Waals surface area contributed by atoms with Gasteiger partial charge in [-0.3, -0.25) is 14.5 Å². The second-order valence-electron chi connectivity index (χ2n) is 8.11. The van der Waals surface area contributed by atoms with E-state index in [0.717, 1.165) is 23.1 Å². The fourth-order valence-corrected chi connectivity index (χ4v) is 4.29. The molecule has 0 bridgehead atoms. The van der Waals surface area contributed by atoms with Crippen molar-refractivity contribution in [1.82, 2.24) is 20.4 Å². The Bertz CT molecular complexity index is 1170. The molecule has 1 aliphatic heterocycles. The summed E-state index contributed by atoms with van der Waals surface area (Å²) in [6.45, 7) is 6.00. The van der Waals surface area contributed by atoms with Gasteiger partial charge in [0.2, 0.25) is 17.6 Å². The van der Waals surface area contributed by atoms with Gasteiger partial charge in [0.25, 0.3) is 5.91 Å². The Morgan fingerprint density at radius 1 is 1.18 bits per heavy atom. The highest BCUT2D eigenvalue weighted by Crippen LogP contribution is 2.24. The van der Waals surface area contributed by atoms with Crippen molar-refractivity contribution < 1.29 is 14.1 Å². The first-order valence-corrected chi connectivity index (χ1v) is 11.9. The average Bonchev–Trinajstić information content (AvgIpc) is 3.32. The zero-order valence-electron chi connectivity index (χ0n) is 18.7. The molecule has 1 fully saturated rings. The second-order valence-corrected chi connectivity index (χ2v) is 9.02. The third-order valence-corrected chi connectivity index (χ3v) is 6.20. The van der Waals surface area contributed by atoms with Gasteiger partial charge >= 0.3 is 0 Å². The highest BCUT2D eigenvalue weighted by atomic mass is 79.9. The third kappa shape index (κ3) is 5.98. The van der Waals surface area contributed by atoms with Crippen LogP contribution < -0.4 is 10.6 Å². The van der Waals surface area contributed by atoms with Gasteiger partial charge in [-0.2, -0.15) is 4.98 Å². The maximum absolute atomic E-state index is 12.9. The maximum atomic E-state index is 12.9. The number of aromatic nitrogens is 2. The number of para-hydroxylation sites is 1. The van der Waals surface area contributed by atoms with Crippen LogP contribution in [0, 0.1) is 5.92 Å².